The Kier molecular flexibility index (Phi) is 4.37. The first kappa shape index (κ1) is 14.8. The van der Waals surface area contributed by atoms with Gasteiger partial charge in [-0.2, -0.15) is 10.2 Å². The van der Waals surface area contributed by atoms with Gasteiger partial charge in [0, 0.05) is 11.8 Å². The number of hydrogen-bond acceptors (Lipinski definition) is 5. The Labute approximate surface area is 123 Å². The molecule has 3 N–H and O–H groups in total. The van der Waals surface area contributed by atoms with Crippen LogP contribution in [0, 0.1) is 6.92 Å². The minimum Gasteiger partial charge on any atom is -0.494 e. The van der Waals surface area contributed by atoms with Crippen LogP contribution in [0.2, 0.25) is 0 Å². The molecule has 0 atom stereocenters. The van der Waals surface area contributed by atoms with Gasteiger partial charge in [0.25, 0.3) is 5.91 Å². The molecule has 0 saturated heterocycles. The van der Waals surface area contributed by atoms with Crippen molar-refractivity contribution in [3.8, 4) is 5.75 Å². The van der Waals surface area contributed by atoms with Gasteiger partial charge in [0.15, 0.2) is 0 Å². The smallest absolute Gasteiger partial charge is 0.257 e. The maximum Gasteiger partial charge on any atom is 0.257 e. The van der Waals surface area contributed by atoms with E-state index in [0.717, 1.165) is 0 Å². The Morgan fingerprint density at radius 2 is 2.10 bits per heavy atom. The molecule has 1 aromatic heterocycles. The summed E-state index contributed by atoms with van der Waals surface area (Å²) in [7, 11) is 1.53. The fourth-order valence-corrected chi connectivity index (χ4v) is 1.97. The van der Waals surface area contributed by atoms with Crippen LogP contribution in [0.15, 0.2) is 24.3 Å². The van der Waals surface area contributed by atoms with Crippen molar-refractivity contribution >= 4 is 17.3 Å². The zero-order valence-corrected chi connectivity index (χ0v) is 12.3. The van der Waals surface area contributed by atoms with E-state index >= 15 is 0 Å². The topological polar surface area (TPSA) is 90.1 Å². The second kappa shape index (κ2) is 6.21. The fraction of sp³-hybridized carbons (Fsp3) is 0.267. The molecule has 6 heteroatoms. The van der Waals surface area contributed by atoms with E-state index < -0.39 is 0 Å². The van der Waals surface area contributed by atoms with Crippen molar-refractivity contribution in [1.82, 2.24) is 10.2 Å². The highest BCUT2D eigenvalue weighted by Crippen LogP contribution is 2.27. The zero-order valence-electron chi connectivity index (χ0n) is 12.3. The maximum absolute atomic E-state index is 12.4. The van der Waals surface area contributed by atoms with E-state index in [2.05, 4.69) is 15.5 Å². The van der Waals surface area contributed by atoms with Crippen LogP contribution in [0.1, 0.15) is 28.7 Å². The molecule has 21 heavy (non-hydrogen) atoms. The SMILES string of the molecule is CCc1nnc(C)cc1C(=O)Nc1ccc(N)cc1OC. The van der Waals surface area contributed by atoms with Crippen molar-refractivity contribution in [2.45, 2.75) is 20.3 Å². The van der Waals surface area contributed by atoms with Gasteiger partial charge in [0.2, 0.25) is 0 Å². The number of carbonyl (C=O) groups is 1. The van der Waals surface area contributed by atoms with Crippen molar-refractivity contribution in [2.24, 2.45) is 0 Å². The maximum atomic E-state index is 12.4. The number of aromatic nitrogens is 2. The third-order valence-electron chi connectivity index (χ3n) is 3.05. The van der Waals surface area contributed by atoms with Gasteiger partial charge in [-0.1, -0.05) is 6.92 Å². The number of amides is 1. The monoisotopic (exact) mass is 286 g/mol. The van der Waals surface area contributed by atoms with Crippen LogP contribution in [-0.4, -0.2) is 23.2 Å². The predicted octanol–water partition coefficient (Wildman–Crippen LogP) is 2.19. The van der Waals surface area contributed by atoms with E-state index in [-0.39, 0.29) is 5.91 Å². The second-order valence-corrected chi connectivity index (χ2v) is 4.61. The van der Waals surface area contributed by atoms with Crippen molar-refractivity contribution in [1.29, 1.82) is 0 Å². The molecule has 110 valence electrons. The molecule has 0 spiro atoms. The quantitative estimate of drug-likeness (QED) is 0.841. The van der Waals surface area contributed by atoms with Gasteiger partial charge in [-0.25, -0.2) is 0 Å². The van der Waals surface area contributed by atoms with E-state index in [1.165, 1.54) is 7.11 Å². The number of rotatable bonds is 4. The fourth-order valence-electron chi connectivity index (χ4n) is 1.97. The number of nitrogens with one attached hydrogen (secondary N) is 1. The van der Waals surface area contributed by atoms with Gasteiger partial charge < -0.3 is 15.8 Å². The lowest BCUT2D eigenvalue weighted by molar-refractivity contribution is 0.102. The standard InChI is InChI=1S/C15H18N4O2/c1-4-12-11(7-9(2)18-19-12)15(20)17-13-6-5-10(16)8-14(13)21-3/h5-8H,4,16H2,1-3H3,(H,17,20). The number of nitrogens with two attached hydrogens (primary N) is 1. The van der Waals surface area contributed by atoms with Crippen molar-refractivity contribution in [3.63, 3.8) is 0 Å². The number of ether oxygens (including phenoxy) is 1. The Morgan fingerprint density at radius 1 is 1.33 bits per heavy atom. The Bertz CT molecular complexity index is 671. The lowest BCUT2D eigenvalue weighted by Crippen LogP contribution is -2.16. The minimum absolute atomic E-state index is 0.243. The summed E-state index contributed by atoms with van der Waals surface area (Å²) in [4.78, 5) is 12.4. The first-order valence-electron chi connectivity index (χ1n) is 6.63. The molecule has 0 bridgehead atoms. The van der Waals surface area contributed by atoms with Crippen LogP contribution in [-0.2, 0) is 6.42 Å². The van der Waals surface area contributed by atoms with Crippen LogP contribution in [0.5, 0.6) is 5.75 Å². The largest absolute Gasteiger partial charge is 0.494 e. The van der Waals surface area contributed by atoms with Crippen LogP contribution in [0.25, 0.3) is 0 Å². The van der Waals surface area contributed by atoms with Crippen LogP contribution >= 0.6 is 0 Å². The van der Waals surface area contributed by atoms with Gasteiger partial charge in [-0.15, -0.1) is 0 Å². The van der Waals surface area contributed by atoms with E-state index in [1.54, 1.807) is 31.2 Å². The Hall–Kier alpha value is -2.63. The number of benzene rings is 1. The number of nitrogen functional groups attached to an aromatic ring is 1. The molecule has 6 nitrogen and oxygen atoms in total. The summed E-state index contributed by atoms with van der Waals surface area (Å²) in [6.07, 6.45) is 0.634. The molecule has 1 heterocycles. The Morgan fingerprint density at radius 3 is 2.76 bits per heavy atom. The van der Waals surface area contributed by atoms with Gasteiger partial charge >= 0.3 is 0 Å². The number of anilines is 2. The van der Waals surface area contributed by atoms with Crippen LogP contribution in [0.3, 0.4) is 0 Å². The third-order valence-corrected chi connectivity index (χ3v) is 3.05. The lowest BCUT2D eigenvalue weighted by Gasteiger charge is -2.12. The highest BCUT2D eigenvalue weighted by Gasteiger charge is 2.15. The number of hydrogen-bond donors (Lipinski definition) is 2. The summed E-state index contributed by atoms with van der Waals surface area (Å²) < 4.78 is 5.22. The van der Waals surface area contributed by atoms with Gasteiger partial charge in [-0.3, -0.25) is 4.79 Å². The number of methoxy groups -OCH3 is 1. The van der Waals surface area contributed by atoms with Crippen molar-refractivity contribution in [3.05, 3.63) is 41.2 Å². The number of nitrogens with zero attached hydrogens (tertiary/aromatic N) is 2. The molecule has 2 aromatic rings. The molecule has 0 aliphatic carbocycles. The van der Waals surface area contributed by atoms with Crippen molar-refractivity contribution < 1.29 is 9.53 Å². The second-order valence-electron chi connectivity index (χ2n) is 4.61. The minimum atomic E-state index is -0.243. The molecule has 1 aromatic carbocycles. The van der Waals surface area contributed by atoms with Gasteiger partial charge in [0.05, 0.1) is 29.7 Å². The molecule has 0 unspecified atom stereocenters. The summed E-state index contributed by atoms with van der Waals surface area (Å²) in [6, 6.07) is 6.80. The average Bonchev–Trinajstić information content (AvgIpc) is 2.48. The molecule has 2 rings (SSSR count). The summed E-state index contributed by atoms with van der Waals surface area (Å²) in [6.45, 7) is 3.73. The summed E-state index contributed by atoms with van der Waals surface area (Å²) in [5.41, 5.74) is 8.71. The molecular formula is C15H18N4O2. The van der Waals surface area contributed by atoms with Crippen LogP contribution < -0.4 is 15.8 Å². The molecule has 0 aliphatic rings. The van der Waals surface area contributed by atoms with Crippen LogP contribution in [0.4, 0.5) is 11.4 Å². The predicted molar refractivity (Wildman–Crippen MR) is 81.5 cm³/mol. The molecule has 0 fully saturated rings. The first-order valence-corrected chi connectivity index (χ1v) is 6.63. The molecule has 0 aliphatic heterocycles. The molecule has 0 radical (unpaired) electrons. The van der Waals surface area contributed by atoms with E-state index in [1.807, 2.05) is 6.92 Å². The lowest BCUT2D eigenvalue weighted by atomic mass is 10.1. The van der Waals surface area contributed by atoms with Gasteiger partial charge in [-0.05, 0) is 31.5 Å². The number of carbonyl (C=O) groups excluding carboxylic acids is 1. The highest BCUT2D eigenvalue weighted by atomic mass is 16.5. The average molecular weight is 286 g/mol. The zero-order chi connectivity index (χ0) is 15.4. The van der Waals surface area contributed by atoms with E-state index in [9.17, 15) is 4.79 Å². The Balaban J connectivity index is 2.32. The van der Waals surface area contributed by atoms with Gasteiger partial charge in [0.1, 0.15) is 5.75 Å². The highest BCUT2D eigenvalue weighted by molar-refractivity contribution is 6.05. The van der Waals surface area contributed by atoms with E-state index in [0.29, 0.717) is 40.5 Å². The molecule has 1 amide bonds. The summed E-state index contributed by atoms with van der Waals surface area (Å²) in [5.74, 6) is 0.271. The van der Waals surface area contributed by atoms with Crippen molar-refractivity contribution in [2.75, 3.05) is 18.2 Å². The third kappa shape index (κ3) is 3.28. The van der Waals surface area contributed by atoms with E-state index in [4.69, 9.17) is 10.5 Å². The molecular weight excluding hydrogens is 268 g/mol. The number of aryl methyl sites for hydroxylation is 2. The first-order chi connectivity index (χ1) is 10.0. The summed E-state index contributed by atoms with van der Waals surface area (Å²) >= 11 is 0. The summed E-state index contributed by atoms with van der Waals surface area (Å²) in [5, 5.41) is 10.8. The molecule has 0 saturated carbocycles. The normalized spacial score (nSPS) is 10.2.